The molecular formula is C19H24N2O2. The lowest BCUT2D eigenvalue weighted by Gasteiger charge is -2.11. The molecule has 0 saturated heterocycles. The van der Waals surface area contributed by atoms with E-state index >= 15 is 0 Å². The van der Waals surface area contributed by atoms with Gasteiger partial charge in [-0.2, -0.15) is 0 Å². The number of ether oxygens (including phenoxy) is 1. The Morgan fingerprint density at radius 1 is 1.09 bits per heavy atom. The molecule has 23 heavy (non-hydrogen) atoms. The highest BCUT2D eigenvalue weighted by molar-refractivity contribution is 5.94. The van der Waals surface area contributed by atoms with Crippen molar-refractivity contribution in [2.45, 2.75) is 33.0 Å². The smallest absolute Gasteiger partial charge is 0.251 e. The van der Waals surface area contributed by atoms with E-state index in [2.05, 4.69) is 12.2 Å². The minimum Gasteiger partial charge on any atom is -0.377 e. The summed E-state index contributed by atoms with van der Waals surface area (Å²) in [5, 5.41) is 2.96. The van der Waals surface area contributed by atoms with E-state index in [0.29, 0.717) is 25.3 Å². The summed E-state index contributed by atoms with van der Waals surface area (Å²) in [6.45, 7) is 4.37. The molecule has 2 aromatic rings. The molecule has 0 aliphatic carbocycles. The van der Waals surface area contributed by atoms with Gasteiger partial charge in [-0.25, -0.2) is 0 Å². The molecule has 122 valence electrons. The third-order valence-electron chi connectivity index (χ3n) is 3.62. The number of amides is 1. The Morgan fingerprint density at radius 3 is 2.43 bits per heavy atom. The van der Waals surface area contributed by atoms with Crippen LogP contribution in [-0.2, 0) is 24.4 Å². The van der Waals surface area contributed by atoms with Crippen molar-refractivity contribution in [1.29, 1.82) is 0 Å². The number of nitrogens with two attached hydrogens (primary N) is 1. The van der Waals surface area contributed by atoms with Crippen LogP contribution in [-0.4, -0.2) is 12.5 Å². The maximum atomic E-state index is 12.2. The third-order valence-corrected chi connectivity index (χ3v) is 3.62. The van der Waals surface area contributed by atoms with Gasteiger partial charge in [0.05, 0.1) is 6.61 Å². The predicted octanol–water partition coefficient (Wildman–Crippen LogP) is 3.00. The molecule has 0 atom stereocenters. The fourth-order valence-corrected chi connectivity index (χ4v) is 2.27. The second-order valence-corrected chi connectivity index (χ2v) is 5.41. The van der Waals surface area contributed by atoms with Crippen LogP contribution in [0.4, 0.5) is 0 Å². The molecule has 0 radical (unpaired) electrons. The van der Waals surface area contributed by atoms with Crippen molar-refractivity contribution in [2.75, 3.05) is 6.61 Å². The van der Waals surface area contributed by atoms with Gasteiger partial charge >= 0.3 is 0 Å². The van der Waals surface area contributed by atoms with Gasteiger partial charge in [0, 0.05) is 25.3 Å². The van der Waals surface area contributed by atoms with E-state index in [0.717, 1.165) is 29.7 Å². The van der Waals surface area contributed by atoms with Crippen LogP contribution in [0.25, 0.3) is 0 Å². The molecule has 0 spiro atoms. The van der Waals surface area contributed by atoms with E-state index in [-0.39, 0.29) is 5.91 Å². The summed E-state index contributed by atoms with van der Waals surface area (Å²) in [4.78, 5) is 12.2. The van der Waals surface area contributed by atoms with E-state index in [1.807, 2.05) is 36.4 Å². The molecular weight excluding hydrogens is 288 g/mol. The maximum absolute atomic E-state index is 12.2. The zero-order valence-corrected chi connectivity index (χ0v) is 13.5. The standard InChI is InChI=1S/C19H24N2O2/c1-2-11-23-14-18-6-4-3-5-17(18)13-21-19(22)16-9-7-15(12-20)8-10-16/h3-10H,2,11-14,20H2,1H3,(H,21,22). The Bertz CT molecular complexity index is 624. The largest absolute Gasteiger partial charge is 0.377 e. The minimum atomic E-state index is -0.0853. The summed E-state index contributed by atoms with van der Waals surface area (Å²) < 4.78 is 5.60. The number of benzene rings is 2. The van der Waals surface area contributed by atoms with E-state index in [1.165, 1.54) is 0 Å². The normalized spacial score (nSPS) is 10.5. The molecule has 0 aliphatic heterocycles. The quantitative estimate of drug-likeness (QED) is 0.737. The van der Waals surface area contributed by atoms with Gasteiger partial charge in [0.2, 0.25) is 0 Å². The lowest BCUT2D eigenvalue weighted by Crippen LogP contribution is -2.23. The van der Waals surface area contributed by atoms with Crippen LogP contribution >= 0.6 is 0 Å². The third kappa shape index (κ3) is 5.20. The fraction of sp³-hybridized carbons (Fsp3) is 0.316. The number of hydrogen-bond acceptors (Lipinski definition) is 3. The topological polar surface area (TPSA) is 64.3 Å². The van der Waals surface area contributed by atoms with Crippen molar-refractivity contribution >= 4 is 5.91 Å². The summed E-state index contributed by atoms with van der Waals surface area (Å²) in [6, 6.07) is 15.4. The first-order valence-electron chi connectivity index (χ1n) is 7.96. The first-order valence-corrected chi connectivity index (χ1v) is 7.96. The molecule has 0 bridgehead atoms. The minimum absolute atomic E-state index is 0.0853. The average molecular weight is 312 g/mol. The zero-order valence-electron chi connectivity index (χ0n) is 13.5. The molecule has 4 nitrogen and oxygen atoms in total. The van der Waals surface area contributed by atoms with Crippen molar-refractivity contribution < 1.29 is 9.53 Å². The molecule has 0 unspecified atom stereocenters. The molecule has 0 saturated carbocycles. The van der Waals surface area contributed by atoms with Crippen molar-refractivity contribution in [1.82, 2.24) is 5.32 Å². The maximum Gasteiger partial charge on any atom is 0.251 e. The van der Waals surface area contributed by atoms with Crippen LogP contribution in [0.2, 0.25) is 0 Å². The Morgan fingerprint density at radius 2 is 1.78 bits per heavy atom. The lowest BCUT2D eigenvalue weighted by atomic mass is 10.1. The SMILES string of the molecule is CCCOCc1ccccc1CNC(=O)c1ccc(CN)cc1. The van der Waals surface area contributed by atoms with Gasteiger partial charge in [-0.1, -0.05) is 43.3 Å². The number of carbonyl (C=O) groups excluding carboxylic acids is 1. The Kier molecular flexibility index (Phi) is 6.78. The van der Waals surface area contributed by atoms with Crippen molar-refractivity contribution in [3.8, 4) is 0 Å². The highest BCUT2D eigenvalue weighted by atomic mass is 16.5. The van der Waals surface area contributed by atoms with Gasteiger partial charge in [-0.05, 0) is 35.2 Å². The molecule has 0 heterocycles. The van der Waals surface area contributed by atoms with Gasteiger partial charge in [-0.15, -0.1) is 0 Å². The number of carbonyl (C=O) groups is 1. The zero-order chi connectivity index (χ0) is 16.5. The van der Waals surface area contributed by atoms with Crippen molar-refractivity contribution in [3.63, 3.8) is 0 Å². The first-order chi connectivity index (χ1) is 11.2. The van der Waals surface area contributed by atoms with E-state index < -0.39 is 0 Å². The van der Waals surface area contributed by atoms with Crippen LogP contribution in [0.3, 0.4) is 0 Å². The molecule has 0 fully saturated rings. The van der Waals surface area contributed by atoms with E-state index in [9.17, 15) is 4.79 Å². The van der Waals surface area contributed by atoms with E-state index in [1.54, 1.807) is 12.1 Å². The van der Waals surface area contributed by atoms with Crippen molar-refractivity contribution in [3.05, 3.63) is 70.8 Å². The first kappa shape index (κ1) is 17.2. The Hall–Kier alpha value is -2.17. The molecule has 2 rings (SSSR count). The van der Waals surface area contributed by atoms with Crippen LogP contribution in [0.5, 0.6) is 0 Å². The monoisotopic (exact) mass is 312 g/mol. The fourth-order valence-electron chi connectivity index (χ4n) is 2.27. The van der Waals surface area contributed by atoms with Gasteiger partial charge in [0.15, 0.2) is 0 Å². The van der Waals surface area contributed by atoms with Crippen molar-refractivity contribution in [2.24, 2.45) is 5.73 Å². The summed E-state index contributed by atoms with van der Waals surface area (Å²) >= 11 is 0. The number of rotatable bonds is 8. The second-order valence-electron chi connectivity index (χ2n) is 5.41. The van der Waals surface area contributed by atoms with Gasteiger partial charge in [0.1, 0.15) is 0 Å². The lowest BCUT2D eigenvalue weighted by molar-refractivity contribution is 0.0949. The summed E-state index contributed by atoms with van der Waals surface area (Å²) in [5.74, 6) is -0.0853. The van der Waals surface area contributed by atoms with Crippen LogP contribution in [0.15, 0.2) is 48.5 Å². The highest BCUT2D eigenvalue weighted by Gasteiger charge is 2.07. The average Bonchev–Trinajstić information content (AvgIpc) is 2.61. The second kappa shape index (κ2) is 9.08. The summed E-state index contributed by atoms with van der Waals surface area (Å²) in [7, 11) is 0. The van der Waals surface area contributed by atoms with E-state index in [4.69, 9.17) is 10.5 Å². The summed E-state index contributed by atoms with van der Waals surface area (Å²) in [5.41, 5.74) is 9.41. The van der Waals surface area contributed by atoms with Crippen LogP contribution < -0.4 is 11.1 Å². The number of hydrogen-bond donors (Lipinski definition) is 2. The van der Waals surface area contributed by atoms with Gasteiger partial charge in [0.25, 0.3) is 5.91 Å². The van der Waals surface area contributed by atoms with Crippen LogP contribution in [0, 0.1) is 0 Å². The molecule has 0 aliphatic rings. The Labute approximate surface area is 137 Å². The van der Waals surface area contributed by atoms with Crippen LogP contribution in [0.1, 0.15) is 40.4 Å². The van der Waals surface area contributed by atoms with Gasteiger partial charge in [-0.3, -0.25) is 4.79 Å². The Balaban J connectivity index is 1.95. The molecule has 3 N–H and O–H groups in total. The molecule has 0 aromatic heterocycles. The molecule has 4 heteroatoms. The molecule has 1 amide bonds. The number of nitrogens with one attached hydrogen (secondary N) is 1. The van der Waals surface area contributed by atoms with Gasteiger partial charge < -0.3 is 15.8 Å². The molecule has 2 aromatic carbocycles. The predicted molar refractivity (Wildman–Crippen MR) is 91.9 cm³/mol. The highest BCUT2D eigenvalue weighted by Crippen LogP contribution is 2.11. The summed E-state index contributed by atoms with van der Waals surface area (Å²) in [6.07, 6.45) is 0.998.